The van der Waals surface area contributed by atoms with Crippen LogP contribution in [0.3, 0.4) is 0 Å². The number of nitrogens with zero attached hydrogens (tertiary/aromatic N) is 2. The zero-order chi connectivity index (χ0) is 8.48. The molecule has 0 aliphatic carbocycles. The quantitative estimate of drug-likeness (QED) is 0.566. The Morgan fingerprint density at radius 3 is 2.82 bits per heavy atom. The van der Waals surface area contributed by atoms with Gasteiger partial charge in [-0.15, -0.1) is 5.10 Å². The Kier molecular flexibility index (Phi) is 1.85. The lowest BCUT2D eigenvalue weighted by Crippen LogP contribution is -2.43. The summed E-state index contributed by atoms with van der Waals surface area (Å²) < 4.78 is 5.18. The highest BCUT2D eigenvalue weighted by Crippen LogP contribution is 2.24. The summed E-state index contributed by atoms with van der Waals surface area (Å²) in [5, 5.41) is 5.15. The molecule has 0 saturated heterocycles. The van der Waals surface area contributed by atoms with Gasteiger partial charge in [0.05, 0.1) is 0 Å². The maximum atomic E-state index is 11.0. The Bertz CT molecular complexity index is 203. The van der Waals surface area contributed by atoms with Crippen LogP contribution in [0.5, 0.6) is 0 Å². The molecular formula is C7H12N2O2. The molecule has 0 N–H and O–H groups in total. The van der Waals surface area contributed by atoms with Crippen LogP contribution in [-0.4, -0.2) is 23.0 Å². The van der Waals surface area contributed by atoms with E-state index in [-0.39, 0.29) is 5.91 Å². The second kappa shape index (κ2) is 2.53. The zero-order valence-electron chi connectivity index (χ0n) is 7.00. The van der Waals surface area contributed by atoms with Crippen LogP contribution in [-0.2, 0) is 9.53 Å². The van der Waals surface area contributed by atoms with Crippen molar-refractivity contribution in [3.63, 3.8) is 0 Å². The first-order valence-corrected chi connectivity index (χ1v) is 3.61. The first kappa shape index (κ1) is 8.04. The second-order valence-electron chi connectivity index (χ2n) is 2.70. The average Bonchev–Trinajstić information content (AvgIpc) is 2.32. The van der Waals surface area contributed by atoms with Crippen molar-refractivity contribution in [2.24, 2.45) is 5.10 Å². The molecule has 1 aliphatic heterocycles. The molecule has 0 aromatic carbocycles. The number of hydrazone groups is 1. The highest BCUT2D eigenvalue weighted by molar-refractivity contribution is 5.75. The number of carbonyl (C=O) groups is 1. The van der Waals surface area contributed by atoms with Crippen molar-refractivity contribution in [3.05, 3.63) is 0 Å². The fourth-order valence-corrected chi connectivity index (χ4v) is 1.00. The van der Waals surface area contributed by atoms with Gasteiger partial charge in [-0.1, -0.05) is 6.92 Å². The van der Waals surface area contributed by atoms with Crippen LogP contribution < -0.4 is 0 Å². The number of ether oxygens (including phenoxy) is 1. The minimum atomic E-state index is -0.564. The Balaban J connectivity index is 2.78. The van der Waals surface area contributed by atoms with Crippen LogP contribution in [0.15, 0.2) is 5.10 Å². The van der Waals surface area contributed by atoms with Gasteiger partial charge < -0.3 is 4.74 Å². The third-order valence-electron chi connectivity index (χ3n) is 1.87. The van der Waals surface area contributed by atoms with E-state index in [0.717, 1.165) is 6.42 Å². The Labute approximate surface area is 65.8 Å². The van der Waals surface area contributed by atoms with Crippen molar-refractivity contribution in [3.8, 4) is 0 Å². The fraction of sp³-hybridized carbons (Fsp3) is 0.714. The number of amides is 1. The van der Waals surface area contributed by atoms with E-state index in [0.29, 0.717) is 0 Å². The molecule has 0 spiro atoms. The molecule has 0 aromatic heterocycles. The van der Waals surface area contributed by atoms with Gasteiger partial charge in [-0.3, -0.25) is 4.79 Å². The van der Waals surface area contributed by atoms with Crippen LogP contribution in [0, 0.1) is 0 Å². The summed E-state index contributed by atoms with van der Waals surface area (Å²) in [4.78, 5) is 11.0. The first-order chi connectivity index (χ1) is 5.10. The summed E-state index contributed by atoms with van der Waals surface area (Å²) in [7, 11) is 0. The molecule has 62 valence electrons. The van der Waals surface area contributed by atoms with Gasteiger partial charge in [0.1, 0.15) is 0 Å². The van der Waals surface area contributed by atoms with E-state index >= 15 is 0 Å². The van der Waals surface area contributed by atoms with Gasteiger partial charge in [-0.2, -0.15) is 5.01 Å². The number of carbonyl (C=O) groups excluding carboxylic acids is 1. The lowest BCUT2D eigenvalue weighted by molar-refractivity contribution is -0.144. The fourth-order valence-electron chi connectivity index (χ4n) is 1.00. The molecule has 0 fully saturated rings. The topological polar surface area (TPSA) is 41.9 Å². The van der Waals surface area contributed by atoms with Gasteiger partial charge >= 0.3 is 0 Å². The lowest BCUT2D eigenvalue weighted by Gasteiger charge is -2.28. The predicted molar refractivity (Wildman–Crippen MR) is 40.8 cm³/mol. The molecule has 1 aliphatic rings. The Morgan fingerprint density at radius 1 is 1.82 bits per heavy atom. The smallest absolute Gasteiger partial charge is 0.243 e. The van der Waals surface area contributed by atoms with E-state index in [9.17, 15) is 4.79 Å². The summed E-state index contributed by atoms with van der Waals surface area (Å²) in [5.41, 5.74) is -0.564. The maximum absolute atomic E-state index is 11.0. The molecule has 1 heterocycles. The van der Waals surface area contributed by atoms with Gasteiger partial charge in [0, 0.05) is 13.3 Å². The summed E-state index contributed by atoms with van der Waals surface area (Å²) in [6.07, 6.45) is 2.04. The Morgan fingerprint density at radius 2 is 2.45 bits per heavy atom. The molecule has 1 amide bonds. The molecule has 0 radical (unpaired) electrons. The van der Waals surface area contributed by atoms with Crippen molar-refractivity contribution in [1.29, 1.82) is 0 Å². The van der Waals surface area contributed by atoms with E-state index in [2.05, 4.69) is 5.10 Å². The summed E-state index contributed by atoms with van der Waals surface area (Å²) in [5.74, 6) is -0.0944. The summed E-state index contributed by atoms with van der Waals surface area (Å²) >= 11 is 0. The van der Waals surface area contributed by atoms with Crippen LogP contribution in [0.4, 0.5) is 0 Å². The monoisotopic (exact) mass is 156 g/mol. The van der Waals surface area contributed by atoms with Crippen molar-refractivity contribution < 1.29 is 9.53 Å². The largest absolute Gasteiger partial charge is 0.454 e. The molecule has 0 aromatic rings. The highest BCUT2D eigenvalue weighted by Gasteiger charge is 2.37. The SMILES string of the molecule is CCC1(C)OC=NN1C(C)=O. The van der Waals surface area contributed by atoms with E-state index in [1.807, 2.05) is 13.8 Å². The minimum Gasteiger partial charge on any atom is -0.454 e. The predicted octanol–water partition coefficient (Wildman–Crippen LogP) is 0.935. The van der Waals surface area contributed by atoms with Gasteiger partial charge in [0.15, 0.2) is 6.40 Å². The first-order valence-electron chi connectivity index (χ1n) is 3.61. The standard InChI is InChI=1S/C7H12N2O2/c1-4-7(3)9(6(2)10)8-5-11-7/h5H,4H2,1-3H3. The molecule has 4 nitrogen and oxygen atoms in total. The third kappa shape index (κ3) is 1.20. The van der Waals surface area contributed by atoms with Gasteiger partial charge in [0.25, 0.3) is 0 Å². The number of hydrogen-bond acceptors (Lipinski definition) is 3. The molecule has 4 heteroatoms. The second-order valence-corrected chi connectivity index (χ2v) is 2.70. The third-order valence-corrected chi connectivity index (χ3v) is 1.87. The van der Waals surface area contributed by atoms with E-state index in [1.165, 1.54) is 18.3 Å². The van der Waals surface area contributed by atoms with E-state index < -0.39 is 5.72 Å². The van der Waals surface area contributed by atoms with Crippen molar-refractivity contribution in [1.82, 2.24) is 5.01 Å². The lowest BCUT2D eigenvalue weighted by atomic mass is 10.2. The molecule has 1 unspecified atom stereocenters. The summed E-state index contributed by atoms with van der Waals surface area (Å²) in [6, 6.07) is 0. The molecule has 11 heavy (non-hydrogen) atoms. The molecule has 1 atom stereocenters. The van der Waals surface area contributed by atoms with Gasteiger partial charge in [0.2, 0.25) is 11.6 Å². The zero-order valence-corrected chi connectivity index (χ0v) is 7.00. The maximum Gasteiger partial charge on any atom is 0.243 e. The van der Waals surface area contributed by atoms with Crippen LogP contribution in [0.1, 0.15) is 27.2 Å². The number of rotatable bonds is 1. The molecule has 1 rings (SSSR count). The van der Waals surface area contributed by atoms with Crippen LogP contribution in [0.2, 0.25) is 0 Å². The molecule has 0 bridgehead atoms. The van der Waals surface area contributed by atoms with Crippen LogP contribution in [0.25, 0.3) is 0 Å². The number of hydrogen-bond donors (Lipinski definition) is 0. The van der Waals surface area contributed by atoms with Gasteiger partial charge in [-0.05, 0) is 6.92 Å². The van der Waals surface area contributed by atoms with E-state index in [4.69, 9.17) is 4.74 Å². The Hall–Kier alpha value is -1.06. The van der Waals surface area contributed by atoms with Crippen molar-refractivity contribution in [2.45, 2.75) is 32.9 Å². The van der Waals surface area contributed by atoms with Crippen LogP contribution >= 0.6 is 0 Å². The minimum absolute atomic E-state index is 0.0944. The van der Waals surface area contributed by atoms with Gasteiger partial charge in [-0.25, -0.2) is 0 Å². The average molecular weight is 156 g/mol. The summed E-state index contributed by atoms with van der Waals surface area (Å²) in [6.45, 7) is 5.26. The molecule has 0 saturated carbocycles. The van der Waals surface area contributed by atoms with Crippen molar-refractivity contribution >= 4 is 12.3 Å². The van der Waals surface area contributed by atoms with Crippen molar-refractivity contribution in [2.75, 3.05) is 0 Å². The molecular weight excluding hydrogens is 144 g/mol. The highest BCUT2D eigenvalue weighted by atomic mass is 16.5. The normalized spacial score (nSPS) is 28.8. The van der Waals surface area contributed by atoms with E-state index in [1.54, 1.807) is 0 Å².